The number of alkyl halides is 1. The fraction of sp³-hybridized carbons (Fsp3) is 0.368. The predicted molar refractivity (Wildman–Crippen MR) is 101 cm³/mol. The highest BCUT2D eigenvalue weighted by atomic mass is 35.5. The van der Waals surface area contributed by atoms with Crippen LogP contribution in [0.5, 0.6) is 0 Å². The number of pyridine rings is 1. The van der Waals surface area contributed by atoms with Gasteiger partial charge in [-0.3, -0.25) is 9.88 Å². The Hall–Kier alpha value is -2.31. The molecule has 4 rings (SSSR count). The molecular weight excluding hydrogens is 348 g/mol. The molecule has 1 aliphatic heterocycles. The molecular formula is C19H21ClN6. The Kier molecular flexibility index (Phi) is 5.22. The number of halogens is 1. The van der Waals surface area contributed by atoms with E-state index in [2.05, 4.69) is 31.4 Å². The van der Waals surface area contributed by atoms with E-state index in [0.29, 0.717) is 0 Å². The zero-order valence-corrected chi connectivity index (χ0v) is 15.2. The fourth-order valence-corrected chi connectivity index (χ4v) is 3.59. The topological polar surface area (TPSA) is 59.7 Å². The third-order valence-corrected chi connectivity index (χ3v) is 4.94. The number of rotatable bonds is 4. The van der Waals surface area contributed by atoms with Gasteiger partial charge in [0.25, 0.3) is 0 Å². The molecule has 0 aromatic carbocycles. The molecule has 2 aromatic heterocycles. The van der Waals surface area contributed by atoms with Gasteiger partial charge in [0, 0.05) is 12.7 Å². The first kappa shape index (κ1) is 17.1. The maximum atomic E-state index is 6.23. The molecule has 6 nitrogen and oxygen atoms in total. The van der Waals surface area contributed by atoms with Crippen molar-refractivity contribution in [1.82, 2.24) is 30.1 Å². The summed E-state index contributed by atoms with van der Waals surface area (Å²) in [4.78, 5) is 8.43. The van der Waals surface area contributed by atoms with Crippen LogP contribution in [-0.2, 0) is 6.54 Å². The zero-order chi connectivity index (χ0) is 17.8. The number of nitrogens with zero attached hydrogens (tertiary/aromatic N) is 6. The number of piperidine rings is 1. The first-order valence-electron chi connectivity index (χ1n) is 8.94. The minimum absolute atomic E-state index is 0.166. The summed E-state index contributed by atoms with van der Waals surface area (Å²) in [6.07, 6.45) is 14.9. The van der Waals surface area contributed by atoms with Gasteiger partial charge < -0.3 is 0 Å². The normalized spacial score (nSPS) is 23.7. The van der Waals surface area contributed by atoms with Gasteiger partial charge in [-0.2, -0.15) is 0 Å². The van der Waals surface area contributed by atoms with Crippen LogP contribution in [0, 0.1) is 0 Å². The lowest BCUT2D eigenvalue weighted by Crippen LogP contribution is -2.34. The molecule has 2 unspecified atom stereocenters. The molecule has 0 bridgehead atoms. The third-order valence-electron chi connectivity index (χ3n) is 4.67. The minimum atomic E-state index is -0.176. The van der Waals surface area contributed by atoms with Gasteiger partial charge in [-0.1, -0.05) is 30.7 Å². The summed E-state index contributed by atoms with van der Waals surface area (Å²) in [6.45, 7) is 1.82. The molecule has 7 heteroatoms. The van der Waals surface area contributed by atoms with Crippen molar-refractivity contribution in [2.24, 2.45) is 0 Å². The standard InChI is InChI=1S/C19H21ClN6/c20-15-7-1-2-9-17(13-15)26-23-19(22-24-26)18-10-4-6-12-25(18)14-16-8-3-5-11-21-16/h1-3,5,7-9,11,13,15,18H,4,6,10,12,14H2. The monoisotopic (exact) mass is 368 g/mol. The summed E-state index contributed by atoms with van der Waals surface area (Å²) in [5.74, 6) is 0.762. The number of tetrazole rings is 1. The number of aromatic nitrogens is 5. The number of allylic oxidation sites excluding steroid dienone is 6. The van der Waals surface area contributed by atoms with Crippen molar-refractivity contribution < 1.29 is 0 Å². The molecule has 2 aliphatic rings. The van der Waals surface area contributed by atoms with E-state index in [1.165, 1.54) is 12.8 Å². The van der Waals surface area contributed by atoms with Crippen LogP contribution in [-0.4, -0.2) is 42.0 Å². The van der Waals surface area contributed by atoms with Crippen LogP contribution < -0.4 is 0 Å². The lowest BCUT2D eigenvalue weighted by molar-refractivity contribution is 0.132. The first-order chi connectivity index (χ1) is 12.8. The number of likely N-dealkylation sites (tertiary alicyclic amines) is 1. The van der Waals surface area contributed by atoms with Crippen LogP contribution in [0.25, 0.3) is 5.70 Å². The van der Waals surface area contributed by atoms with Crippen molar-refractivity contribution in [3.05, 3.63) is 66.3 Å². The van der Waals surface area contributed by atoms with E-state index in [4.69, 9.17) is 11.6 Å². The quantitative estimate of drug-likeness (QED) is 0.774. The molecule has 0 N–H and O–H groups in total. The maximum Gasteiger partial charge on any atom is 0.192 e. The van der Waals surface area contributed by atoms with E-state index >= 15 is 0 Å². The molecule has 1 saturated heterocycles. The van der Waals surface area contributed by atoms with Crippen LogP contribution >= 0.6 is 11.6 Å². The van der Waals surface area contributed by atoms with Crippen molar-refractivity contribution >= 4 is 17.3 Å². The van der Waals surface area contributed by atoms with E-state index in [9.17, 15) is 0 Å². The van der Waals surface area contributed by atoms with Crippen molar-refractivity contribution in [1.29, 1.82) is 0 Å². The number of hydrogen-bond acceptors (Lipinski definition) is 5. The second-order valence-corrected chi connectivity index (χ2v) is 7.02. The van der Waals surface area contributed by atoms with Gasteiger partial charge in [-0.05, 0) is 48.9 Å². The molecule has 0 saturated carbocycles. The maximum absolute atomic E-state index is 6.23. The van der Waals surface area contributed by atoms with Gasteiger partial charge in [0.05, 0.1) is 22.8 Å². The highest BCUT2D eigenvalue weighted by Crippen LogP contribution is 2.30. The molecule has 134 valence electrons. The van der Waals surface area contributed by atoms with Crippen LogP contribution in [0.1, 0.15) is 36.8 Å². The Bertz CT molecular complexity index is 826. The van der Waals surface area contributed by atoms with Crippen molar-refractivity contribution in [2.75, 3.05) is 6.54 Å². The van der Waals surface area contributed by atoms with E-state index in [-0.39, 0.29) is 11.4 Å². The largest absolute Gasteiger partial charge is 0.287 e. The summed E-state index contributed by atoms with van der Waals surface area (Å²) in [5, 5.41) is 13.1. The van der Waals surface area contributed by atoms with Crippen molar-refractivity contribution in [3.63, 3.8) is 0 Å². The summed E-state index contributed by atoms with van der Waals surface area (Å²) < 4.78 is 0. The summed E-state index contributed by atoms with van der Waals surface area (Å²) in [7, 11) is 0. The van der Waals surface area contributed by atoms with Crippen molar-refractivity contribution in [2.45, 2.75) is 37.2 Å². The van der Waals surface area contributed by atoms with Gasteiger partial charge in [0.1, 0.15) is 0 Å². The zero-order valence-electron chi connectivity index (χ0n) is 14.4. The molecule has 1 fully saturated rings. The van der Waals surface area contributed by atoms with E-state index in [1.54, 1.807) is 4.80 Å². The van der Waals surface area contributed by atoms with E-state index in [1.807, 2.05) is 48.7 Å². The Morgan fingerprint density at radius 1 is 1.19 bits per heavy atom. The molecule has 0 spiro atoms. The molecule has 1 aliphatic carbocycles. The molecule has 0 amide bonds. The van der Waals surface area contributed by atoms with Gasteiger partial charge in [0.2, 0.25) is 0 Å². The van der Waals surface area contributed by atoms with Crippen molar-refractivity contribution in [3.8, 4) is 0 Å². The molecule has 0 radical (unpaired) electrons. The average Bonchev–Trinajstić information content (AvgIpc) is 3.05. The first-order valence-corrected chi connectivity index (χ1v) is 9.38. The lowest BCUT2D eigenvalue weighted by atomic mass is 10.0. The smallest absolute Gasteiger partial charge is 0.192 e. The second kappa shape index (κ2) is 7.93. The Balaban J connectivity index is 1.55. The van der Waals surface area contributed by atoms with Gasteiger partial charge in [-0.25, -0.2) is 0 Å². The summed E-state index contributed by atoms with van der Waals surface area (Å²) in [6, 6.07) is 6.19. The van der Waals surface area contributed by atoms with Crippen LogP contribution in [0.15, 0.2) is 54.8 Å². The average molecular weight is 369 g/mol. The fourth-order valence-electron chi connectivity index (χ4n) is 3.37. The highest BCUT2D eigenvalue weighted by molar-refractivity contribution is 6.23. The SMILES string of the molecule is ClC1C=CC=CC(n2nnc(C3CCCCN3Cc3ccccn3)n2)=C1. The Morgan fingerprint density at radius 3 is 3.04 bits per heavy atom. The molecule has 3 heterocycles. The summed E-state index contributed by atoms with van der Waals surface area (Å²) in [5.41, 5.74) is 1.90. The van der Waals surface area contributed by atoms with Gasteiger partial charge in [0.15, 0.2) is 5.82 Å². The molecule has 2 atom stereocenters. The van der Waals surface area contributed by atoms with Crippen LogP contribution in [0.3, 0.4) is 0 Å². The highest BCUT2D eigenvalue weighted by Gasteiger charge is 2.28. The summed E-state index contributed by atoms with van der Waals surface area (Å²) >= 11 is 6.23. The van der Waals surface area contributed by atoms with Crippen LogP contribution in [0.2, 0.25) is 0 Å². The van der Waals surface area contributed by atoms with Gasteiger partial charge in [-0.15, -0.1) is 26.6 Å². The lowest BCUT2D eigenvalue weighted by Gasteiger charge is -2.33. The van der Waals surface area contributed by atoms with E-state index in [0.717, 1.165) is 36.7 Å². The molecule has 2 aromatic rings. The van der Waals surface area contributed by atoms with E-state index < -0.39 is 0 Å². The Morgan fingerprint density at radius 2 is 2.15 bits per heavy atom. The van der Waals surface area contributed by atoms with Crippen LogP contribution in [0.4, 0.5) is 0 Å². The predicted octanol–water partition coefficient (Wildman–Crippen LogP) is 3.37. The number of hydrogen-bond donors (Lipinski definition) is 0. The Labute approximate surface area is 157 Å². The molecule has 26 heavy (non-hydrogen) atoms. The van der Waals surface area contributed by atoms with Gasteiger partial charge >= 0.3 is 0 Å². The minimum Gasteiger partial charge on any atom is -0.287 e. The third kappa shape index (κ3) is 3.92. The second-order valence-electron chi connectivity index (χ2n) is 6.52.